The summed E-state index contributed by atoms with van der Waals surface area (Å²) in [4.78, 5) is 27.5. The Morgan fingerprint density at radius 1 is 1.11 bits per heavy atom. The zero-order valence-electron chi connectivity index (χ0n) is 20.6. The van der Waals surface area contributed by atoms with Crippen molar-refractivity contribution in [1.29, 1.82) is 0 Å². The zero-order chi connectivity index (χ0) is 26.2. The molecule has 0 fully saturated rings. The Labute approximate surface area is 218 Å². The van der Waals surface area contributed by atoms with Crippen molar-refractivity contribution in [2.45, 2.75) is 52.6 Å². The van der Waals surface area contributed by atoms with E-state index >= 15 is 0 Å². The molecule has 1 atom stereocenters. The first-order valence-electron chi connectivity index (χ1n) is 11.5. The topological polar surface area (TPSA) is 86.8 Å². The van der Waals surface area contributed by atoms with Crippen LogP contribution >= 0.6 is 23.2 Å². The van der Waals surface area contributed by atoms with E-state index in [1.807, 2.05) is 38.1 Å². The number of anilines is 1. The first-order chi connectivity index (χ1) is 16.5. The average molecular weight is 543 g/mol. The third-order valence-electron chi connectivity index (χ3n) is 5.65. The third kappa shape index (κ3) is 8.40. The maximum atomic E-state index is 13.3. The van der Waals surface area contributed by atoms with Gasteiger partial charge < -0.3 is 10.2 Å². The monoisotopic (exact) mass is 541 g/mol. The van der Waals surface area contributed by atoms with Gasteiger partial charge in [-0.2, -0.15) is 0 Å². The third-order valence-corrected chi connectivity index (χ3v) is 7.38. The molecule has 0 aliphatic carbocycles. The van der Waals surface area contributed by atoms with E-state index in [9.17, 15) is 18.0 Å². The normalized spacial score (nSPS) is 12.2. The van der Waals surface area contributed by atoms with Gasteiger partial charge in [-0.15, -0.1) is 0 Å². The molecule has 0 saturated heterocycles. The Balaban J connectivity index is 2.20. The standard InChI is InChI=1S/C25H33Cl2N3O4S/c1-5-14-28-25(32)19(3)29(17-20-10-7-6-9-18(20)2)24(31)11-8-15-30(35(4,33)34)23-16-21(26)12-13-22(23)27/h6-7,9-10,12-13,16,19H,5,8,11,14-15,17H2,1-4H3,(H,28,32)/t19-/m0/s1. The Kier molecular flexibility index (Phi) is 10.9. The summed E-state index contributed by atoms with van der Waals surface area (Å²) in [5, 5.41) is 3.44. The van der Waals surface area contributed by atoms with E-state index in [1.54, 1.807) is 17.9 Å². The molecule has 1 N–H and O–H groups in total. The van der Waals surface area contributed by atoms with Gasteiger partial charge in [-0.25, -0.2) is 8.42 Å². The Morgan fingerprint density at radius 3 is 2.43 bits per heavy atom. The number of carbonyl (C=O) groups excluding carboxylic acids is 2. The van der Waals surface area contributed by atoms with Crippen LogP contribution in [0.3, 0.4) is 0 Å². The number of halogens is 2. The summed E-state index contributed by atoms with van der Waals surface area (Å²) in [5.41, 5.74) is 2.22. The molecule has 35 heavy (non-hydrogen) atoms. The van der Waals surface area contributed by atoms with E-state index in [-0.39, 0.29) is 48.5 Å². The van der Waals surface area contributed by atoms with Crippen LogP contribution in [0.15, 0.2) is 42.5 Å². The lowest BCUT2D eigenvalue weighted by molar-refractivity contribution is -0.140. The van der Waals surface area contributed by atoms with Crippen molar-refractivity contribution in [3.63, 3.8) is 0 Å². The highest BCUT2D eigenvalue weighted by Gasteiger charge is 2.27. The van der Waals surface area contributed by atoms with Crippen LogP contribution in [0.2, 0.25) is 10.0 Å². The fourth-order valence-electron chi connectivity index (χ4n) is 3.61. The van der Waals surface area contributed by atoms with Crippen molar-refractivity contribution in [1.82, 2.24) is 10.2 Å². The number of rotatable bonds is 12. The SMILES string of the molecule is CCCNC(=O)[C@H](C)N(Cc1ccccc1C)C(=O)CCCN(c1cc(Cl)ccc1Cl)S(C)(=O)=O. The predicted molar refractivity (Wildman–Crippen MR) is 142 cm³/mol. The molecular formula is C25H33Cl2N3O4S. The minimum Gasteiger partial charge on any atom is -0.354 e. The number of sulfonamides is 1. The largest absolute Gasteiger partial charge is 0.354 e. The molecule has 0 aromatic heterocycles. The van der Waals surface area contributed by atoms with Crippen molar-refractivity contribution in [3.05, 3.63) is 63.6 Å². The van der Waals surface area contributed by atoms with Gasteiger partial charge in [-0.1, -0.05) is 54.4 Å². The lowest BCUT2D eigenvalue weighted by atomic mass is 10.1. The number of nitrogens with one attached hydrogen (secondary N) is 1. The van der Waals surface area contributed by atoms with E-state index < -0.39 is 16.1 Å². The van der Waals surface area contributed by atoms with Gasteiger partial charge in [0, 0.05) is 31.1 Å². The number of hydrogen-bond donors (Lipinski definition) is 1. The van der Waals surface area contributed by atoms with Crippen LogP contribution in [-0.2, 0) is 26.2 Å². The minimum atomic E-state index is -3.67. The van der Waals surface area contributed by atoms with Gasteiger partial charge in [0.15, 0.2) is 0 Å². The van der Waals surface area contributed by atoms with Crippen LogP contribution in [-0.4, -0.2) is 50.5 Å². The van der Waals surface area contributed by atoms with Crippen molar-refractivity contribution in [2.75, 3.05) is 23.7 Å². The van der Waals surface area contributed by atoms with E-state index in [0.717, 1.165) is 28.1 Å². The maximum absolute atomic E-state index is 13.3. The summed E-state index contributed by atoms with van der Waals surface area (Å²) in [6, 6.07) is 11.6. The minimum absolute atomic E-state index is 0.0409. The molecule has 2 rings (SSSR count). The Morgan fingerprint density at radius 2 is 1.80 bits per heavy atom. The smallest absolute Gasteiger partial charge is 0.242 e. The fraction of sp³-hybridized carbons (Fsp3) is 0.440. The first-order valence-corrected chi connectivity index (χ1v) is 14.1. The summed E-state index contributed by atoms with van der Waals surface area (Å²) >= 11 is 12.3. The van der Waals surface area contributed by atoms with Crippen molar-refractivity contribution in [2.24, 2.45) is 0 Å². The number of hydrogen-bond acceptors (Lipinski definition) is 4. The second kappa shape index (κ2) is 13.1. The molecule has 2 amide bonds. The molecule has 2 aromatic rings. The molecule has 0 radical (unpaired) electrons. The quantitative estimate of drug-likeness (QED) is 0.418. The van der Waals surface area contributed by atoms with Gasteiger partial charge in [0.2, 0.25) is 21.8 Å². The van der Waals surface area contributed by atoms with Crippen molar-refractivity contribution >= 4 is 50.7 Å². The second-order valence-corrected chi connectivity index (χ2v) is 11.2. The maximum Gasteiger partial charge on any atom is 0.242 e. The summed E-state index contributed by atoms with van der Waals surface area (Å²) in [6.45, 7) is 6.47. The van der Waals surface area contributed by atoms with Crippen LogP contribution in [0.5, 0.6) is 0 Å². The molecule has 0 heterocycles. The first kappa shape index (κ1) is 28.9. The number of nitrogens with zero attached hydrogens (tertiary/aromatic N) is 2. The van der Waals surface area contributed by atoms with Gasteiger partial charge in [-0.05, 0) is 56.0 Å². The molecule has 0 aliphatic heterocycles. The molecule has 0 saturated carbocycles. The van der Waals surface area contributed by atoms with Crippen molar-refractivity contribution in [3.8, 4) is 0 Å². The number of amides is 2. The highest BCUT2D eigenvalue weighted by molar-refractivity contribution is 7.92. The van der Waals surface area contributed by atoms with Crippen LogP contribution < -0.4 is 9.62 Å². The molecule has 192 valence electrons. The zero-order valence-corrected chi connectivity index (χ0v) is 22.9. The number of benzene rings is 2. The van der Waals surface area contributed by atoms with Crippen LogP contribution in [0, 0.1) is 6.92 Å². The lowest BCUT2D eigenvalue weighted by Crippen LogP contribution is -2.48. The van der Waals surface area contributed by atoms with Gasteiger partial charge in [-0.3, -0.25) is 13.9 Å². The van der Waals surface area contributed by atoms with Gasteiger partial charge in [0.05, 0.1) is 17.0 Å². The highest BCUT2D eigenvalue weighted by Crippen LogP contribution is 2.31. The second-order valence-electron chi connectivity index (χ2n) is 8.45. The predicted octanol–water partition coefficient (Wildman–Crippen LogP) is 4.79. The summed E-state index contributed by atoms with van der Waals surface area (Å²) in [7, 11) is -3.67. The molecular weight excluding hydrogens is 509 g/mol. The summed E-state index contributed by atoms with van der Waals surface area (Å²) in [5.74, 6) is -0.463. The summed E-state index contributed by atoms with van der Waals surface area (Å²) in [6.07, 6.45) is 2.16. The number of carbonyl (C=O) groups is 2. The Hall–Kier alpha value is -2.29. The van der Waals surface area contributed by atoms with Gasteiger partial charge in [0.1, 0.15) is 6.04 Å². The molecule has 7 nitrogen and oxygen atoms in total. The molecule has 0 unspecified atom stereocenters. The number of aryl methyl sites for hydroxylation is 1. The van der Waals surface area contributed by atoms with Crippen LogP contribution in [0.4, 0.5) is 5.69 Å². The molecule has 0 aliphatic rings. The van der Waals surface area contributed by atoms with Gasteiger partial charge >= 0.3 is 0 Å². The highest BCUT2D eigenvalue weighted by atomic mass is 35.5. The van der Waals surface area contributed by atoms with E-state index in [2.05, 4.69) is 5.32 Å². The molecule has 0 bridgehead atoms. The molecule has 2 aromatic carbocycles. The van der Waals surface area contributed by atoms with Crippen LogP contribution in [0.25, 0.3) is 0 Å². The lowest BCUT2D eigenvalue weighted by Gasteiger charge is -2.30. The molecule has 10 heteroatoms. The van der Waals surface area contributed by atoms with E-state index in [0.29, 0.717) is 11.6 Å². The van der Waals surface area contributed by atoms with Gasteiger partial charge in [0.25, 0.3) is 0 Å². The van der Waals surface area contributed by atoms with E-state index in [1.165, 1.54) is 12.1 Å². The van der Waals surface area contributed by atoms with E-state index in [4.69, 9.17) is 23.2 Å². The average Bonchev–Trinajstić information content (AvgIpc) is 2.80. The fourth-order valence-corrected chi connectivity index (χ4v) is 5.01. The summed E-state index contributed by atoms with van der Waals surface area (Å²) < 4.78 is 26.1. The van der Waals surface area contributed by atoms with Crippen molar-refractivity contribution < 1.29 is 18.0 Å². The Bertz CT molecular complexity index is 1140. The molecule has 0 spiro atoms. The van der Waals surface area contributed by atoms with Crippen LogP contribution in [0.1, 0.15) is 44.2 Å².